The number of hydrogen-bond donors (Lipinski definition) is 1. The van der Waals surface area contributed by atoms with Crippen molar-refractivity contribution >= 4 is 10.0 Å². The number of aliphatic hydroxyl groups is 1. The van der Waals surface area contributed by atoms with E-state index < -0.39 is 15.4 Å². The summed E-state index contributed by atoms with van der Waals surface area (Å²) in [5.41, 5.74) is -0.440. The Morgan fingerprint density at radius 1 is 1.38 bits per heavy atom. The van der Waals surface area contributed by atoms with Gasteiger partial charge in [-0.3, -0.25) is 0 Å². The van der Waals surface area contributed by atoms with Crippen LogP contribution in [0.3, 0.4) is 0 Å². The lowest BCUT2D eigenvalue weighted by Crippen LogP contribution is -2.48. The Hall–Kier alpha value is -1.44. The van der Waals surface area contributed by atoms with Crippen molar-refractivity contribution < 1.29 is 22.7 Å². The van der Waals surface area contributed by atoms with Gasteiger partial charge in [-0.25, -0.2) is 17.1 Å². The molecule has 2 rings (SSSR count). The Morgan fingerprint density at radius 2 is 2.08 bits per heavy atom. The number of benzene rings is 1. The van der Waals surface area contributed by atoms with E-state index in [0.29, 0.717) is 31.7 Å². The van der Waals surface area contributed by atoms with Crippen LogP contribution in [0.5, 0.6) is 5.75 Å². The van der Waals surface area contributed by atoms with Gasteiger partial charge in [-0.2, -0.15) is 0 Å². The van der Waals surface area contributed by atoms with Crippen LogP contribution in [-0.4, -0.2) is 49.9 Å². The molecule has 1 N–H and O–H groups in total. The summed E-state index contributed by atoms with van der Waals surface area (Å²) in [6, 6.07) is 5.45. The molecule has 1 aromatic rings. The summed E-state index contributed by atoms with van der Waals surface area (Å²) >= 11 is 0. The van der Waals surface area contributed by atoms with Gasteiger partial charge in [0.1, 0.15) is 18.2 Å². The highest BCUT2D eigenvalue weighted by Gasteiger charge is 2.38. The van der Waals surface area contributed by atoms with Gasteiger partial charge in [-0.1, -0.05) is 6.08 Å². The molecule has 0 spiro atoms. The Morgan fingerprint density at radius 3 is 2.71 bits per heavy atom. The SMILES string of the molecule is C=CC[C@]1(CO)CCCN(S(=O)(=O)CCOc2ccc(F)cc2)C1. The fraction of sp³-hybridized carbons (Fsp3) is 0.529. The molecule has 0 saturated carbocycles. The second kappa shape index (κ2) is 8.09. The van der Waals surface area contributed by atoms with Crippen LogP contribution in [0, 0.1) is 11.2 Å². The monoisotopic (exact) mass is 357 g/mol. The maximum atomic E-state index is 12.8. The van der Waals surface area contributed by atoms with Gasteiger partial charge in [0.2, 0.25) is 10.0 Å². The van der Waals surface area contributed by atoms with Crippen LogP contribution in [0.2, 0.25) is 0 Å². The van der Waals surface area contributed by atoms with E-state index in [1.165, 1.54) is 28.6 Å². The number of sulfonamides is 1. The summed E-state index contributed by atoms with van der Waals surface area (Å²) in [6.45, 7) is 4.39. The van der Waals surface area contributed by atoms with Gasteiger partial charge in [0.15, 0.2) is 0 Å². The predicted molar refractivity (Wildman–Crippen MR) is 90.8 cm³/mol. The van der Waals surface area contributed by atoms with Gasteiger partial charge < -0.3 is 9.84 Å². The fourth-order valence-electron chi connectivity index (χ4n) is 2.99. The first kappa shape index (κ1) is 18.9. The van der Waals surface area contributed by atoms with Crippen LogP contribution in [-0.2, 0) is 10.0 Å². The smallest absolute Gasteiger partial charge is 0.217 e. The molecule has 0 aromatic heterocycles. The molecular weight excluding hydrogens is 333 g/mol. The molecule has 0 amide bonds. The number of ether oxygens (including phenoxy) is 1. The molecule has 24 heavy (non-hydrogen) atoms. The second-order valence-electron chi connectivity index (χ2n) is 6.21. The van der Waals surface area contributed by atoms with Gasteiger partial charge in [0.25, 0.3) is 0 Å². The highest BCUT2D eigenvalue weighted by Crippen LogP contribution is 2.34. The second-order valence-corrected chi connectivity index (χ2v) is 8.29. The number of nitrogens with zero attached hydrogens (tertiary/aromatic N) is 1. The number of rotatable bonds is 8. The van der Waals surface area contributed by atoms with Gasteiger partial charge in [0, 0.05) is 18.5 Å². The normalized spacial score (nSPS) is 22.2. The summed E-state index contributed by atoms with van der Waals surface area (Å²) < 4.78 is 44.7. The minimum Gasteiger partial charge on any atom is -0.492 e. The zero-order valence-electron chi connectivity index (χ0n) is 13.7. The largest absolute Gasteiger partial charge is 0.492 e. The Balaban J connectivity index is 1.94. The summed E-state index contributed by atoms with van der Waals surface area (Å²) in [4.78, 5) is 0. The van der Waals surface area contributed by atoms with E-state index in [4.69, 9.17) is 4.74 Å². The Kier molecular flexibility index (Phi) is 6.37. The summed E-state index contributed by atoms with van der Waals surface area (Å²) in [7, 11) is -3.47. The van der Waals surface area contributed by atoms with Crippen LogP contribution in [0.25, 0.3) is 0 Å². The third-order valence-corrected chi connectivity index (χ3v) is 6.14. The van der Waals surface area contributed by atoms with Crippen molar-refractivity contribution in [1.82, 2.24) is 4.31 Å². The van der Waals surface area contributed by atoms with Crippen LogP contribution in [0.4, 0.5) is 4.39 Å². The third-order valence-electron chi connectivity index (χ3n) is 4.36. The van der Waals surface area contributed by atoms with E-state index in [9.17, 15) is 17.9 Å². The van der Waals surface area contributed by atoms with Crippen molar-refractivity contribution in [2.75, 3.05) is 32.1 Å². The molecule has 1 fully saturated rings. The number of aliphatic hydroxyl groups excluding tert-OH is 1. The molecule has 1 aliphatic rings. The Labute approximate surface area is 142 Å². The van der Waals surface area contributed by atoms with E-state index in [1.54, 1.807) is 6.08 Å². The molecule has 5 nitrogen and oxygen atoms in total. The molecule has 0 bridgehead atoms. The molecule has 1 heterocycles. The zero-order valence-corrected chi connectivity index (χ0v) is 14.5. The number of allylic oxidation sites excluding steroid dienone is 1. The minimum absolute atomic E-state index is 0.00194. The van der Waals surface area contributed by atoms with Crippen molar-refractivity contribution in [2.24, 2.45) is 5.41 Å². The van der Waals surface area contributed by atoms with Crippen LogP contribution in [0.15, 0.2) is 36.9 Å². The van der Waals surface area contributed by atoms with E-state index >= 15 is 0 Å². The lowest BCUT2D eigenvalue weighted by Gasteiger charge is -2.40. The average Bonchev–Trinajstić information content (AvgIpc) is 2.57. The molecule has 0 unspecified atom stereocenters. The summed E-state index contributed by atoms with van der Waals surface area (Å²) in [6.07, 6.45) is 3.81. The maximum Gasteiger partial charge on any atom is 0.217 e. The molecule has 1 saturated heterocycles. The molecule has 1 aromatic carbocycles. The topological polar surface area (TPSA) is 66.8 Å². The van der Waals surface area contributed by atoms with Crippen molar-refractivity contribution in [3.05, 3.63) is 42.7 Å². The van der Waals surface area contributed by atoms with Crippen molar-refractivity contribution in [3.8, 4) is 5.75 Å². The summed E-state index contributed by atoms with van der Waals surface area (Å²) in [5.74, 6) is -0.0903. The highest BCUT2D eigenvalue weighted by molar-refractivity contribution is 7.89. The highest BCUT2D eigenvalue weighted by atomic mass is 32.2. The number of halogens is 1. The molecule has 0 radical (unpaired) electrons. The lowest BCUT2D eigenvalue weighted by atomic mass is 9.79. The van der Waals surface area contributed by atoms with E-state index in [2.05, 4.69) is 6.58 Å². The number of hydrogen-bond acceptors (Lipinski definition) is 4. The fourth-order valence-corrected chi connectivity index (χ4v) is 4.42. The molecule has 1 aliphatic heterocycles. The third kappa shape index (κ3) is 4.78. The molecule has 134 valence electrons. The average molecular weight is 357 g/mol. The van der Waals surface area contributed by atoms with Crippen molar-refractivity contribution in [2.45, 2.75) is 19.3 Å². The molecule has 0 aliphatic carbocycles. The van der Waals surface area contributed by atoms with Gasteiger partial charge in [-0.15, -0.1) is 6.58 Å². The minimum atomic E-state index is -3.47. The first-order valence-electron chi connectivity index (χ1n) is 7.99. The van der Waals surface area contributed by atoms with E-state index in [1.807, 2.05) is 0 Å². The standard InChI is InChI=1S/C17H24FNO4S/c1-2-8-17(14-20)9-3-10-19(13-17)24(21,22)12-11-23-16-6-4-15(18)5-7-16/h2,4-7,20H,1,3,8-14H2/t17-/m0/s1. The van der Waals surface area contributed by atoms with Gasteiger partial charge in [0.05, 0.1) is 12.4 Å². The first-order valence-corrected chi connectivity index (χ1v) is 9.60. The van der Waals surface area contributed by atoms with Crippen LogP contribution >= 0.6 is 0 Å². The van der Waals surface area contributed by atoms with E-state index in [0.717, 1.165) is 6.42 Å². The van der Waals surface area contributed by atoms with Gasteiger partial charge in [-0.05, 0) is 43.5 Å². The number of piperidine rings is 1. The van der Waals surface area contributed by atoms with Crippen LogP contribution in [0.1, 0.15) is 19.3 Å². The first-order chi connectivity index (χ1) is 11.4. The quantitative estimate of drug-likeness (QED) is 0.724. The lowest BCUT2D eigenvalue weighted by molar-refractivity contribution is 0.0668. The zero-order chi connectivity index (χ0) is 17.6. The molecule has 7 heteroatoms. The summed E-state index contributed by atoms with van der Waals surface area (Å²) in [5, 5.41) is 9.68. The van der Waals surface area contributed by atoms with Crippen molar-refractivity contribution in [1.29, 1.82) is 0 Å². The Bertz CT molecular complexity index is 647. The molecular formula is C17H24FNO4S. The maximum absolute atomic E-state index is 12.8. The molecule has 1 atom stereocenters. The predicted octanol–water partition coefficient (Wildman–Crippen LogP) is 2.18. The van der Waals surface area contributed by atoms with E-state index in [-0.39, 0.29) is 24.8 Å². The van der Waals surface area contributed by atoms with Crippen LogP contribution < -0.4 is 4.74 Å². The van der Waals surface area contributed by atoms with Crippen molar-refractivity contribution in [3.63, 3.8) is 0 Å². The van der Waals surface area contributed by atoms with Gasteiger partial charge >= 0.3 is 0 Å².